The van der Waals surface area contributed by atoms with Gasteiger partial charge in [-0.3, -0.25) is 0 Å². The molecule has 1 rings (SSSR count). The molecule has 22 heavy (non-hydrogen) atoms. The third-order valence-corrected chi connectivity index (χ3v) is 5.00. The van der Waals surface area contributed by atoms with E-state index in [0.29, 0.717) is 12.1 Å². The zero-order valence-corrected chi connectivity index (χ0v) is 13.2. The van der Waals surface area contributed by atoms with Crippen LogP contribution in [0.1, 0.15) is 19.4 Å². The molecule has 0 saturated carbocycles. The molecule has 0 aliphatic heterocycles. The molecule has 0 radical (unpaired) electrons. The van der Waals surface area contributed by atoms with Crippen molar-refractivity contribution in [3.05, 3.63) is 29.6 Å². The molecule has 0 spiro atoms. The van der Waals surface area contributed by atoms with E-state index < -0.39 is 37.9 Å². The third kappa shape index (κ3) is 4.17. The van der Waals surface area contributed by atoms with Crippen molar-refractivity contribution < 1.29 is 26.0 Å². The Balaban J connectivity index is 3.35. The first-order chi connectivity index (χ1) is 9.81. The summed E-state index contributed by atoms with van der Waals surface area (Å²) < 4.78 is 77.5. The molecular formula is C13H18F4N2O2S. The van der Waals surface area contributed by atoms with E-state index in [2.05, 4.69) is 0 Å². The van der Waals surface area contributed by atoms with E-state index >= 15 is 0 Å². The summed E-state index contributed by atoms with van der Waals surface area (Å²) >= 11 is 0. The Morgan fingerprint density at radius 3 is 2.23 bits per heavy atom. The van der Waals surface area contributed by atoms with Gasteiger partial charge in [0.05, 0.1) is 10.5 Å². The molecule has 0 aliphatic rings. The molecule has 1 aromatic carbocycles. The van der Waals surface area contributed by atoms with Gasteiger partial charge >= 0.3 is 6.18 Å². The number of hydrogen-bond acceptors (Lipinski definition) is 3. The standard InChI is InChI=1S/C13H18F4N2O2S/c1-12(2,7-18)8-19(3)22(20,21)11-5-4-9(14)6-10(11)13(15,16)17/h4-6H,7-8,18H2,1-3H3. The van der Waals surface area contributed by atoms with E-state index in [1.165, 1.54) is 0 Å². The van der Waals surface area contributed by atoms with Crippen LogP contribution >= 0.6 is 0 Å². The Kier molecular flexibility index (Phi) is 5.26. The largest absolute Gasteiger partial charge is 0.417 e. The van der Waals surface area contributed by atoms with Gasteiger partial charge in [-0.2, -0.15) is 13.2 Å². The summed E-state index contributed by atoms with van der Waals surface area (Å²) in [4.78, 5) is -0.975. The molecular weight excluding hydrogens is 324 g/mol. The monoisotopic (exact) mass is 342 g/mol. The topological polar surface area (TPSA) is 63.4 Å². The van der Waals surface area contributed by atoms with Crippen molar-refractivity contribution in [2.45, 2.75) is 24.9 Å². The van der Waals surface area contributed by atoms with E-state index in [1.54, 1.807) is 13.8 Å². The van der Waals surface area contributed by atoms with E-state index in [4.69, 9.17) is 5.73 Å². The lowest BCUT2D eigenvalue weighted by Crippen LogP contribution is -2.40. The smallest absolute Gasteiger partial charge is 0.330 e. The van der Waals surface area contributed by atoms with Gasteiger partial charge in [-0.05, 0) is 30.2 Å². The Hall–Kier alpha value is -1.19. The van der Waals surface area contributed by atoms with Crippen LogP contribution in [0.3, 0.4) is 0 Å². The van der Waals surface area contributed by atoms with Gasteiger partial charge < -0.3 is 5.73 Å². The fourth-order valence-corrected chi connectivity index (χ4v) is 3.42. The highest BCUT2D eigenvalue weighted by Crippen LogP contribution is 2.36. The van der Waals surface area contributed by atoms with Crippen molar-refractivity contribution in [2.75, 3.05) is 20.1 Å². The second-order valence-corrected chi connectivity index (χ2v) is 7.78. The number of rotatable bonds is 5. The van der Waals surface area contributed by atoms with Crippen LogP contribution in [0.25, 0.3) is 0 Å². The molecule has 0 saturated heterocycles. The maximum Gasteiger partial charge on any atom is 0.417 e. The maximum absolute atomic E-state index is 13.1. The van der Waals surface area contributed by atoms with Gasteiger partial charge in [-0.15, -0.1) is 0 Å². The van der Waals surface area contributed by atoms with Gasteiger partial charge in [0.2, 0.25) is 10.0 Å². The molecule has 0 aromatic heterocycles. The Morgan fingerprint density at radius 2 is 1.77 bits per heavy atom. The van der Waals surface area contributed by atoms with Crippen LogP contribution in [0.2, 0.25) is 0 Å². The molecule has 0 bridgehead atoms. The summed E-state index contributed by atoms with van der Waals surface area (Å²) in [5.41, 5.74) is 3.37. The van der Waals surface area contributed by atoms with Crippen LogP contribution < -0.4 is 5.73 Å². The molecule has 2 N–H and O–H groups in total. The number of benzene rings is 1. The number of hydrogen-bond donors (Lipinski definition) is 1. The Bertz CT molecular complexity index is 642. The minimum absolute atomic E-state index is 0.0689. The molecule has 9 heteroatoms. The molecule has 0 atom stereocenters. The lowest BCUT2D eigenvalue weighted by molar-refractivity contribution is -0.140. The van der Waals surface area contributed by atoms with Crippen LogP contribution in [0.4, 0.5) is 17.6 Å². The van der Waals surface area contributed by atoms with Crippen molar-refractivity contribution in [1.82, 2.24) is 4.31 Å². The quantitative estimate of drug-likeness (QED) is 0.836. The van der Waals surface area contributed by atoms with Crippen molar-refractivity contribution in [2.24, 2.45) is 11.1 Å². The molecule has 0 fully saturated rings. The van der Waals surface area contributed by atoms with E-state index in [0.717, 1.165) is 11.4 Å². The van der Waals surface area contributed by atoms with Crippen LogP contribution in [-0.2, 0) is 16.2 Å². The van der Waals surface area contributed by atoms with Gasteiger partial charge in [0.15, 0.2) is 0 Å². The summed E-state index contributed by atoms with van der Waals surface area (Å²) in [5.74, 6) is -1.16. The van der Waals surface area contributed by atoms with Gasteiger partial charge in [-0.1, -0.05) is 13.8 Å². The predicted octanol–water partition coefficient (Wildman–Crippen LogP) is 2.45. The normalized spacial score (nSPS) is 13.7. The number of nitrogens with zero attached hydrogens (tertiary/aromatic N) is 1. The molecule has 0 heterocycles. The van der Waals surface area contributed by atoms with E-state index in [1.807, 2.05) is 0 Å². The van der Waals surface area contributed by atoms with Crippen LogP contribution in [-0.4, -0.2) is 32.9 Å². The van der Waals surface area contributed by atoms with Crippen molar-refractivity contribution in [3.8, 4) is 0 Å². The number of sulfonamides is 1. The van der Waals surface area contributed by atoms with Gasteiger partial charge in [0.1, 0.15) is 5.82 Å². The fourth-order valence-electron chi connectivity index (χ4n) is 1.87. The maximum atomic E-state index is 13.1. The highest BCUT2D eigenvalue weighted by atomic mass is 32.2. The lowest BCUT2D eigenvalue weighted by atomic mass is 9.94. The summed E-state index contributed by atoms with van der Waals surface area (Å²) in [5, 5.41) is 0. The molecule has 126 valence electrons. The Morgan fingerprint density at radius 1 is 1.23 bits per heavy atom. The molecule has 0 amide bonds. The Labute approximate surface area is 127 Å². The SMILES string of the molecule is CN(CC(C)(C)CN)S(=O)(=O)c1ccc(F)cc1C(F)(F)F. The average Bonchev–Trinajstić information content (AvgIpc) is 2.36. The first-order valence-corrected chi connectivity index (χ1v) is 7.78. The van der Waals surface area contributed by atoms with Crippen molar-refractivity contribution >= 4 is 10.0 Å². The minimum Gasteiger partial charge on any atom is -0.330 e. The summed E-state index contributed by atoms with van der Waals surface area (Å²) in [6, 6.07) is 1.48. The summed E-state index contributed by atoms with van der Waals surface area (Å²) in [6.45, 7) is 3.46. The van der Waals surface area contributed by atoms with Gasteiger partial charge in [0.25, 0.3) is 0 Å². The molecule has 4 nitrogen and oxygen atoms in total. The first kappa shape index (κ1) is 18.9. The number of alkyl halides is 3. The van der Waals surface area contributed by atoms with Crippen LogP contribution in [0.15, 0.2) is 23.1 Å². The third-order valence-electron chi connectivity index (χ3n) is 3.14. The zero-order chi connectivity index (χ0) is 17.3. The highest BCUT2D eigenvalue weighted by Gasteiger charge is 2.39. The minimum atomic E-state index is -4.98. The molecule has 1 aromatic rings. The predicted molar refractivity (Wildman–Crippen MR) is 74.1 cm³/mol. The summed E-state index contributed by atoms with van der Waals surface area (Å²) in [7, 11) is -3.26. The zero-order valence-electron chi connectivity index (χ0n) is 12.4. The van der Waals surface area contributed by atoms with Crippen LogP contribution in [0, 0.1) is 11.2 Å². The number of halogens is 4. The molecule has 0 unspecified atom stereocenters. The lowest BCUT2D eigenvalue weighted by Gasteiger charge is -2.29. The van der Waals surface area contributed by atoms with Crippen molar-refractivity contribution in [3.63, 3.8) is 0 Å². The van der Waals surface area contributed by atoms with Crippen LogP contribution in [0.5, 0.6) is 0 Å². The first-order valence-electron chi connectivity index (χ1n) is 6.34. The van der Waals surface area contributed by atoms with E-state index in [-0.39, 0.29) is 19.2 Å². The fraction of sp³-hybridized carbons (Fsp3) is 0.538. The van der Waals surface area contributed by atoms with E-state index in [9.17, 15) is 26.0 Å². The van der Waals surface area contributed by atoms with Crippen molar-refractivity contribution in [1.29, 1.82) is 0 Å². The second-order valence-electron chi connectivity index (χ2n) is 5.77. The second kappa shape index (κ2) is 6.13. The average molecular weight is 342 g/mol. The highest BCUT2D eigenvalue weighted by molar-refractivity contribution is 7.89. The number of nitrogens with two attached hydrogens (primary N) is 1. The van der Waals surface area contributed by atoms with Gasteiger partial charge in [0, 0.05) is 13.6 Å². The molecule has 0 aliphatic carbocycles. The van der Waals surface area contributed by atoms with Gasteiger partial charge in [-0.25, -0.2) is 17.1 Å². The summed E-state index contributed by atoms with van der Waals surface area (Å²) in [6.07, 6.45) is -4.98.